The summed E-state index contributed by atoms with van der Waals surface area (Å²) in [6.45, 7) is 6.25. The van der Waals surface area contributed by atoms with E-state index in [9.17, 15) is 0 Å². The maximum Gasteiger partial charge on any atom is -0.00884 e. The maximum atomic E-state index is 2.39. The van der Waals surface area contributed by atoms with Crippen molar-refractivity contribution in [3.8, 4) is 0 Å². The highest BCUT2D eigenvalue weighted by Gasteiger charge is 2.11. The predicted octanol–water partition coefficient (Wildman–Crippen LogP) is 9.74. The SMILES string of the molecule is C.CC.CCC1=CC(c2cccc(C3=CC=CC=CC3)c2)=CC(C2=CC=CCC=C2)=CC1. The summed E-state index contributed by atoms with van der Waals surface area (Å²) in [6, 6.07) is 8.99. The van der Waals surface area contributed by atoms with Gasteiger partial charge in [0, 0.05) is 0 Å². The van der Waals surface area contributed by atoms with Gasteiger partial charge in [0.05, 0.1) is 0 Å². The Bertz CT molecular complexity index is 1040. The molecule has 0 heteroatoms. The van der Waals surface area contributed by atoms with E-state index in [4.69, 9.17) is 0 Å². The second-order valence-electron chi connectivity index (χ2n) is 7.60. The van der Waals surface area contributed by atoms with E-state index in [-0.39, 0.29) is 7.43 Å². The molecular formula is C32H38. The number of benzene rings is 1. The van der Waals surface area contributed by atoms with Gasteiger partial charge in [-0.3, -0.25) is 0 Å². The summed E-state index contributed by atoms with van der Waals surface area (Å²) in [7, 11) is 0. The normalized spacial score (nSPS) is 17.2. The van der Waals surface area contributed by atoms with Crippen LogP contribution in [-0.2, 0) is 0 Å². The highest BCUT2D eigenvalue weighted by atomic mass is 14.2. The van der Waals surface area contributed by atoms with Crippen LogP contribution in [0, 0.1) is 0 Å². The average Bonchev–Trinajstić information content (AvgIpc) is 3.34. The number of hydrogen-bond acceptors (Lipinski definition) is 0. The molecule has 166 valence electrons. The van der Waals surface area contributed by atoms with Gasteiger partial charge in [0.15, 0.2) is 0 Å². The molecule has 0 bridgehead atoms. The summed E-state index contributed by atoms with van der Waals surface area (Å²) in [5.41, 5.74) is 9.33. The minimum atomic E-state index is 0. The van der Waals surface area contributed by atoms with E-state index in [1.54, 1.807) is 0 Å². The van der Waals surface area contributed by atoms with Crippen LogP contribution in [0.3, 0.4) is 0 Å². The maximum absolute atomic E-state index is 2.39. The number of hydrogen-bond donors (Lipinski definition) is 0. The molecule has 0 aliphatic heterocycles. The molecule has 4 rings (SSSR count). The van der Waals surface area contributed by atoms with Gasteiger partial charge in [0.2, 0.25) is 0 Å². The third-order valence-electron chi connectivity index (χ3n) is 5.58. The Hall–Kier alpha value is -3.12. The molecule has 0 unspecified atom stereocenters. The third kappa shape index (κ3) is 6.69. The van der Waals surface area contributed by atoms with Gasteiger partial charge < -0.3 is 0 Å². The zero-order chi connectivity index (χ0) is 21.9. The van der Waals surface area contributed by atoms with Crippen LogP contribution in [0.2, 0.25) is 0 Å². The van der Waals surface area contributed by atoms with Crippen molar-refractivity contribution in [1.82, 2.24) is 0 Å². The van der Waals surface area contributed by atoms with Crippen molar-refractivity contribution in [2.45, 2.75) is 53.9 Å². The average molecular weight is 423 g/mol. The van der Waals surface area contributed by atoms with E-state index in [0.29, 0.717) is 0 Å². The molecule has 0 radical (unpaired) electrons. The summed E-state index contributed by atoms with van der Waals surface area (Å²) < 4.78 is 0. The molecule has 0 spiro atoms. The monoisotopic (exact) mass is 422 g/mol. The van der Waals surface area contributed by atoms with Gasteiger partial charge >= 0.3 is 0 Å². The summed E-state index contributed by atoms with van der Waals surface area (Å²) >= 11 is 0. The second kappa shape index (κ2) is 13.3. The Kier molecular flexibility index (Phi) is 10.5. The zero-order valence-corrected chi connectivity index (χ0v) is 19.1. The smallest absolute Gasteiger partial charge is 0.00884 e. The van der Waals surface area contributed by atoms with Crippen LogP contribution in [0.4, 0.5) is 0 Å². The molecule has 0 saturated heterocycles. The largest absolute Gasteiger partial charge is 0.0807 e. The Morgan fingerprint density at radius 1 is 0.750 bits per heavy atom. The summed E-state index contributed by atoms with van der Waals surface area (Å²) in [5.74, 6) is 0. The Morgan fingerprint density at radius 2 is 1.59 bits per heavy atom. The van der Waals surface area contributed by atoms with Gasteiger partial charge in [-0.2, -0.15) is 0 Å². The Labute approximate surface area is 196 Å². The molecule has 1 aromatic rings. The van der Waals surface area contributed by atoms with Crippen molar-refractivity contribution >= 4 is 11.1 Å². The fraction of sp³-hybridized carbons (Fsp3) is 0.250. The molecule has 0 N–H and O–H groups in total. The van der Waals surface area contributed by atoms with Crippen molar-refractivity contribution < 1.29 is 0 Å². The fourth-order valence-corrected chi connectivity index (χ4v) is 3.86. The van der Waals surface area contributed by atoms with Gasteiger partial charge in [-0.15, -0.1) is 0 Å². The number of allylic oxidation sites excluding steroid dienone is 18. The summed E-state index contributed by atoms with van der Waals surface area (Å²) in [4.78, 5) is 0. The van der Waals surface area contributed by atoms with Crippen molar-refractivity contribution in [3.63, 3.8) is 0 Å². The van der Waals surface area contributed by atoms with Crippen LogP contribution < -0.4 is 0 Å². The van der Waals surface area contributed by atoms with Gasteiger partial charge in [-0.05, 0) is 71.2 Å². The van der Waals surface area contributed by atoms with Crippen molar-refractivity contribution in [2.24, 2.45) is 0 Å². The molecule has 0 atom stereocenters. The molecule has 3 aliphatic carbocycles. The van der Waals surface area contributed by atoms with Crippen LogP contribution >= 0.6 is 0 Å². The Balaban J connectivity index is 0.00000118. The zero-order valence-electron chi connectivity index (χ0n) is 19.1. The molecule has 0 amide bonds. The van der Waals surface area contributed by atoms with Gasteiger partial charge in [0.1, 0.15) is 0 Å². The van der Waals surface area contributed by atoms with Gasteiger partial charge in [-0.1, -0.05) is 125 Å². The summed E-state index contributed by atoms with van der Waals surface area (Å²) in [6.07, 6.45) is 33.1. The highest BCUT2D eigenvalue weighted by Crippen LogP contribution is 2.31. The van der Waals surface area contributed by atoms with Crippen molar-refractivity contribution in [2.75, 3.05) is 0 Å². The lowest BCUT2D eigenvalue weighted by atomic mass is 9.94. The highest BCUT2D eigenvalue weighted by molar-refractivity contribution is 5.81. The first kappa shape index (κ1) is 25.1. The lowest BCUT2D eigenvalue weighted by Crippen LogP contribution is -1.89. The van der Waals surface area contributed by atoms with E-state index in [1.807, 2.05) is 13.8 Å². The van der Waals surface area contributed by atoms with E-state index < -0.39 is 0 Å². The molecule has 0 fully saturated rings. The lowest BCUT2D eigenvalue weighted by Gasteiger charge is -2.10. The minimum absolute atomic E-state index is 0. The van der Waals surface area contributed by atoms with E-state index in [0.717, 1.165) is 25.7 Å². The van der Waals surface area contributed by atoms with Gasteiger partial charge in [0.25, 0.3) is 0 Å². The van der Waals surface area contributed by atoms with Crippen molar-refractivity contribution in [1.29, 1.82) is 0 Å². The van der Waals surface area contributed by atoms with Crippen LogP contribution in [0.5, 0.6) is 0 Å². The minimum Gasteiger partial charge on any atom is -0.0807 e. The van der Waals surface area contributed by atoms with Crippen LogP contribution in [0.1, 0.15) is 65.0 Å². The van der Waals surface area contributed by atoms with E-state index >= 15 is 0 Å². The third-order valence-corrected chi connectivity index (χ3v) is 5.58. The van der Waals surface area contributed by atoms with E-state index in [2.05, 4.69) is 110 Å². The molecule has 0 aromatic heterocycles. The summed E-state index contributed by atoms with van der Waals surface area (Å²) in [5, 5.41) is 0. The second-order valence-corrected chi connectivity index (χ2v) is 7.60. The molecule has 32 heavy (non-hydrogen) atoms. The van der Waals surface area contributed by atoms with E-state index in [1.165, 1.54) is 39.0 Å². The Morgan fingerprint density at radius 3 is 2.44 bits per heavy atom. The first-order valence-electron chi connectivity index (χ1n) is 11.6. The van der Waals surface area contributed by atoms with Gasteiger partial charge in [-0.25, -0.2) is 0 Å². The van der Waals surface area contributed by atoms with Crippen LogP contribution in [0.15, 0.2) is 120 Å². The predicted molar refractivity (Wildman–Crippen MR) is 145 cm³/mol. The van der Waals surface area contributed by atoms with Crippen LogP contribution in [0.25, 0.3) is 11.1 Å². The van der Waals surface area contributed by atoms with Crippen molar-refractivity contribution in [3.05, 3.63) is 131 Å². The lowest BCUT2D eigenvalue weighted by molar-refractivity contribution is 1.03. The standard InChI is InChI=1S/C29H28.C2H6.CH4/c1-2-23-18-19-28(25-14-9-5-6-10-15-25)22-29(20-23)27-17-11-16-26(21-27)24-12-7-3-4-8-13-24;1-2;/h3-5,7-12,14-17,19-22H,2,6,13,18H2,1H3;1-2H3;1H4. The first-order chi connectivity index (χ1) is 15.3. The topological polar surface area (TPSA) is 0 Å². The fourth-order valence-electron chi connectivity index (χ4n) is 3.86. The quantitative estimate of drug-likeness (QED) is 0.453. The molecule has 3 aliphatic rings. The molecular weight excluding hydrogens is 384 g/mol. The van der Waals surface area contributed by atoms with Crippen LogP contribution in [-0.4, -0.2) is 0 Å². The first-order valence-corrected chi connectivity index (χ1v) is 11.6. The molecule has 0 heterocycles. The number of rotatable bonds is 4. The molecule has 1 aromatic carbocycles. The molecule has 0 nitrogen and oxygen atoms in total. The molecule has 0 saturated carbocycles.